The Morgan fingerprint density at radius 1 is 1.42 bits per heavy atom. The lowest BCUT2D eigenvalue weighted by Crippen LogP contribution is -2.27. The fraction of sp³-hybridized carbons (Fsp3) is 0.500. The maximum Gasteiger partial charge on any atom is 0.347 e. The minimum absolute atomic E-state index is 0.195. The number of ether oxygens (including phenoxy) is 2. The summed E-state index contributed by atoms with van der Waals surface area (Å²) in [5, 5.41) is 11.2. The zero-order valence-corrected chi connectivity index (χ0v) is 14.5. The van der Waals surface area contributed by atoms with Gasteiger partial charge in [-0.2, -0.15) is 0 Å². The Bertz CT molecular complexity index is 693. The molecule has 1 aromatic carbocycles. The van der Waals surface area contributed by atoms with Crippen LogP contribution in [0.1, 0.15) is 48.9 Å². The molecule has 24 heavy (non-hydrogen) atoms. The number of allylic oxidation sites excluding steroid dienone is 1. The number of carbonyl (C=O) groups excluding carboxylic acids is 1. The molecule has 1 heterocycles. The minimum atomic E-state index is -0.636. The molecule has 6 heteroatoms. The van der Waals surface area contributed by atoms with Gasteiger partial charge in [-0.25, -0.2) is 4.79 Å². The number of hydrogen-bond donors (Lipinski definition) is 0. The molecule has 0 amide bonds. The highest BCUT2D eigenvalue weighted by molar-refractivity contribution is 5.77. The van der Waals surface area contributed by atoms with Crippen molar-refractivity contribution in [1.82, 2.24) is 0 Å². The van der Waals surface area contributed by atoms with Crippen LogP contribution in [0.4, 0.5) is 0 Å². The summed E-state index contributed by atoms with van der Waals surface area (Å²) < 4.78 is 10.8. The molecule has 0 N–H and O–H groups in total. The van der Waals surface area contributed by atoms with Crippen LogP contribution in [-0.2, 0) is 16.0 Å². The van der Waals surface area contributed by atoms with E-state index in [9.17, 15) is 14.9 Å². The van der Waals surface area contributed by atoms with Gasteiger partial charge in [-0.15, -0.1) is 0 Å². The van der Waals surface area contributed by atoms with Crippen LogP contribution in [0.15, 0.2) is 11.8 Å². The first-order chi connectivity index (χ1) is 11.4. The summed E-state index contributed by atoms with van der Waals surface area (Å²) in [4.78, 5) is 22.8. The Labute approximate surface area is 141 Å². The van der Waals surface area contributed by atoms with E-state index in [0.29, 0.717) is 31.6 Å². The molecule has 130 valence electrons. The Balaban J connectivity index is 2.38. The monoisotopic (exact) mass is 333 g/mol. The number of nitrogens with zero attached hydrogens (tertiary/aromatic N) is 1. The summed E-state index contributed by atoms with van der Waals surface area (Å²) in [6.45, 7) is 7.79. The van der Waals surface area contributed by atoms with Crippen molar-refractivity contribution in [3.8, 4) is 5.75 Å². The lowest BCUT2D eigenvalue weighted by Gasteiger charge is -2.12. The third-order valence-electron chi connectivity index (χ3n) is 4.24. The number of rotatable bonds is 6. The predicted octanol–water partition coefficient (Wildman–Crippen LogP) is 3.59. The van der Waals surface area contributed by atoms with E-state index in [1.165, 1.54) is 0 Å². The summed E-state index contributed by atoms with van der Waals surface area (Å²) in [7, 11) is 0. The van der Waals surface area contributed by atoms with E-state index in [4.69, 9.17) is 9.47 Å². The average molecular weight is 333 g/mol. The topological polar surface area (TPSA) is 78.7 Å². The maximum atomic E-state index is 11.9. The first-order valence-electron chi connectivity index (χ1n) is 8.20. The molecule has 1 aliphatic heterocycles. The van der Waals surface area contributed by atoms with Gasteiger partial charge < -0.3 is 9.47 Å². The number of nitro groups is 1. The second kappa shape index (κ2) is 7.47. The molecule has 0 aliphatic carbocycles. The van der Waals surface area contributed by atoms with E-state index in [2.05, 4.69) is 0 Å². The average Bonchev–Trinajstić information content (AvgIpc) is 2.96. The zero-order chi connectivity index (χ0) is 17.9. The van der Waals surface area contributed by atoms with E-state index < -0.39 is 6.10 Å². The molecule has 0 saturated heterocycles. The van der Waals surface area contributed by atoms with Crippen LogP contribution in [-0.4, -0.2) is 23.6 Å². The fourth-order valence-corrected chi connectivity index (χ4v) is 2.86. The third kappa shape index (κ3) is 3.58. The van der Waals surface area contributed by atoms with Gasteiger partial charge in [0, 0.05) is 18.9 Å². The van der Waals surface area contributed by atoms with Gasteiger partial charge in [0.15, 0.2) is 6.10 Å². The van der Waals surface area contributed by atoms with Crippen LogP contribution in [0.3, 0.4) is 0 Å². The molecule has 1 aliphatic rings. The number of benzene rings is 1. The highest BCUT2D eigenvalue weighted by Gasteiger charge is 2.32. The Hall–Kier alpha value is -2.37. The van der Waals surface area contributed by atoms with Gasteiger partial charge in [0.05, 0.1) is 11.5 Å². The van der Waals surface area contributed by atoms with Gasteiger partial charge >= 0.3 is 5.97 Å². The highest BCUT2D eigenvalue weighted by atomic mass is 16.6. The molecule has 2 rings (SSSR count). The second-order valence-corrected chi connectivity index (χ2v) is 5.91. The zero-order valence-electron chi connectivity index (χ0n) is 14.5. The van der Waals surface area contributed by atoms with Gasteiger partial charge in [0.1, 0.15) is 5.75 Å². The largest absolute Gasteiger partial charge is 0.478 e. The molecule has 1 aromatic rings. The normalized spacial score (nSPS) is 16.5. The summed E-state index contributed by atoms with van der Waals surface area (Å²) >= 11 is 0. The van der Waals surface area contributed by atoms with Gasteiger partial charge in [0.25, 0.3) is 0 Å². The first kappa shape index (κ1) is 18.0. The summed E-state index contributed by atoms with van der Waals surface area (Å²) in [5.74, 6) is 0.320. The van der Waals surface area contributed by atoms with Gasteiger partial charge in [-0.3, -0.25) is 10.1 Å². The molecule has 0 radical (unpaired) electrons. The summed E-state index contributed by atoms with van der Waals surface area (Å²) in [6, 6.07) is 1.88. The van der Waals surface area contributed by atoms with Crippen molar-refractivity contribution in [2.45, 2.75) is 53.1 Å². The van der Waals surface area contributed by atoms with Crippen molar-refractivity contribution in [2.24, 2.45) is 0 Å². The summed E-state index contributed by atoms with van der Waals surface area (Å²) in [5.41, 5.74) is 3.72. The van der Waals surface area contributed by atoms with Gasteiger partial charge in [0.2, 0.25) is 5.70 Å². The fourth-order valence-electron chi connectivity index (χ4n) is 2.86. The quantitative estimate of drug-likeness (QED) is 0.451. The van der Waals surface area contributed by atoms with E-state index >= 15 is 0 Å². The number of esters is 1. The molecule has 0 fully saturated rings. The molecule has 0 bridgehead atoms. The van der Waals surface area contributed by atoms with Crippen molar-refractivity contribution in [3.05, 3.63) is 44.1 Å². The van der Waals surface area contributed by atoms with Gasteiger partial charge in [-0.1, -0.05) is 6.92 Å². The van der Waals surface area contributed by atoms with Crippen LogP contribution < -0.4 is 4.74 Å². The lowest BCUT2D eigenvalue weighted by atomic mass is 9.96. The van der Waals surface area contributed by atoms with E-state index in [-0.39, 0.29) is 16.6 Å². The lowest BCUT2D eigenvalue weighted by molar-refractivity contribution is -0.426. The standard InChI is InChI=1S/C18H23NO5/c1-5-7-15(19(21)22)9-13-8-14-10-16(18(20)23-6-2)24-17(14)12(4)11(13)3/h8-9,16H,5-7,10H2,1-4H3. The van der Waals surface area contributed by atoms with Crippen molar-refractivity contribution < 1.29 is 19.2 Å². The molecular weight excluding hydrogens is 310 g/mol. The molecule has 0 aromatic heterocycles. The molecule has 1 atom stereocenters. The second-order valence-electron chi connectivity index (χ2n) is 5.91. The van der Waals surface area contributed by atoms with Crippen molar-refractivity contribution in [1.29, 1.82) is 0 Å². The van der Waals surface area contributed by atoms with Crippen LogP contribution in [0.2, 0.25) is 0 Å². The molecule has 0 saturated carbocycles. The van der Waals surface area contributed by atoms with E-state index in [0.717, 1.165) is 22.3 Å². The van der Waals surface area contributed by atoms with E-state index in [1.54, 1.807) is 13.0 Å². The molecule has 0 spiro atoms. The van der Waals surface area contributed by atoms with Crippen molar-refractivity contribution in [3.63, 3.8) is 0 Å². The van der Waals surface area contributed by atoms with Crippen molar-refractivity contribution in [2.75, 3.05) is 6.61 Å². The van der Waals surface area contributed by atoms with Crippen LogP contribution in [0.25, 0.3) is 6.08 Å². The Morgan fingerprint density at radius 2 is 2.12 bits per heavy atom. The Kier molecular flexibility index (Phi) is 5.59. The number of carbonyl (C=O) groups is 1. The number of hydrogen-bond acceptors (Lipinski definition) is 5. The van der Waals surface area contributed by atoms with E-state index in [1.807, 2.05) is 26.8 Å². The summed E-state index contributed by atoms with van der Waals surface area (Å²) in [6.07, 6.45) is 2.55. The smallest absolute Gasteiger partial charge is 0.347 e. The van der Waals surface area contributed by atoms with Crippen LogP contribution >= 0.6 is 0 Å². The first-order valence-corrected chi connectivity index (χ1v) is 8.20. The molecular formula is C18H23NO5. The highest BCUT2D eigenvalue weighted by Crippen LogP contribution is 2.37. The molecule has 1 unspecified atom stereocenters. The maximum absolute atomic E-state index is 11.9. The SMILES string of the molecule is CCCC(=Cc1cc2c(c(C)c1C)OC(C(=O)OCC)C2)[N+](=O)[O-]. The van der Waals surface area contributed by atoms with Crippen LogP contribution in [0.5, 0.6) is 5.75 Å². The Morgan fingerprint density at radius 3 is 2.71 bits per heavy atom. The number of fused-ring (bicyclic) bond motifs is 1. The molecule has 6 nitrogen and oxygen atoms in total. The van der Waals surface area contributed by atoms with Crippen molar-refractivity contribution >= 4 is 12.0 Å². The van der Waals surface area contributed by atoms with Gasteiger partial charge in [-0.05, 0) is 55.5 Å². The third-order valence-corrected chi connectivity index (χ3v) is 4.24. The van der Waals surface area contributed by atoms with Crippen LogP contribution in [0, 0.1) is 24.0 Å². The predicted molar refractivity (Wildman–Crippen MR) is 90.5 cm³/mol. The minimum Gasteiger partial charge on any atom is -0.478 e.